The van der Waals surface area contributed by atoms with Crippen molar-refractivity contribution in [3.63, 3.8) is 0 Å². The van der Waals surface area contributed by atoms with E-state index in [0.29, 0.717) is 0 Å². The van der Waals surface area contributed by atoms with Crippen LogP contribution in [0.25, 0.3) is 55.1 Å². The summed E-state index contributed by atoms with van der Waals surface area (Å²) in [6.07, 6.45) is 2.10. The highest BCUT2D eigenvalue weighted by molar-refractivity contribution is 6.05. The predicted octanol–water partition coefficient (Wildman–Crippen LogP) is 11.0. The van der Waals surface area contributed by atoms with Crippen LogP contribution in [0.4, 0.5) is 0 Å². The second-order valence-electron chi connectivity index (χ2n) is 12.9. The van der Waals surface area contributed by atoms with Gasteiger partial charge in [0.15, 0.2) is 0 Å². The maximum Gasteiger partial charge on any atom is 0.150 e. The van der Waals surface area contributed by atoms with E-state index in [4.69, 9.17) is 4.99 Å². The van der Waals surface area contributed by atoms with Crippen LogP contribution in [0, 0.1) is 0 Å². The van der Waals surface area contributed by atoms with Crippen molar-refractivity contribution < 1.29 is 0 Å². The average Bonchev–Trinajstić information content (AvgIpc) is 3.48. The normalized spacial score (nSPS) is 18.1. The molecule has 3 atom stereocenters. The lowest BCUT2D eigenvalue weighted by atomic mass is 9.88. The van der Waals surface area contributed by atoms with Gasteiger partial charge < -0.3 is 4.98 Å². The number of hydrogen-bond acceptors (Lipinski definition) is 3. The summed E-state index contributed by atoms with van der Waals surface area (Å²) in [7, 11) is 0. The molecule has 2 aliphatic heterocycles. The molecule has 1 aromatic heterocycles. The highest BCUT2D eigenvalue weighted by atomic mass is 15.9. The summed E-state index contributed by atoms with van der Waals surface area (Å²) < 4.78 is 0. The number of benzene rings is 7. The molecular weight excluding hydrogens is 597 g/mol. The van der Waals surface area contributed by atoms with Gasteiger partial charge in [0.05, 0.1) is 0 Å². The Bertz CT molecular complexity index is 2500. The lowest BCUT2D eigenvalue weighted by molar-refractivity contribution is 0.341. The molecule has 1 fully saturated rings. The Kier molecular flexibility index (Phi) is 6.36. The summed E-state index contributed by atoms with van der Waals surface area (Å²) in [6.45, 7) is 0. The number of nitrogens with zero attached hydrogens (tertiary/aromatic N) is 3. The summed E-state index contributed by atoms with van der Waals surface area (Å²) in [5, 5.41) is 8.46. The van der Waals surface area contributed by atoms with Gasteiger partial charge in [-0.05, 0) is 67.4 Å². The van der Waals surface area contributed by atoms with Crippen molar-refractivity contribution in [1.82, 2.24) is 15.0 Å². The van der Waals surface area contributed by atoms with Gasteiger partial charge >= 0.3 is 0 Å². The van der Waals surface area contributed by atoms with Crippen LogP contribution in [0.3, 0.4) is 0 Å². The number of rotatable bonds is 6. The number of amidine groups is 1. The smallest absolute Gasteiger partial charge is 0.150 e. The first-order chi connectivity index (χ1) is 24.3. The summed E-state index contributed by atoms with van der Waals surface area (Å²) in [6, 6.07) is 61.2. The van der Waals surface area contributed by atoms with Gasteiger partial charge in [0.25, 0.3) is 0 Å². The molecule has 1 saturated heterocycles. The zero-order chi connectivity index (χ0) is 32.3. The summed E-state index contributed by atoms with van der Waals surface area (Å²) in [4.78, 5) is 8.61. The third-order valence-electron chi connectivity index (χ3n) is 10.0. The van der Waals surface area contributed by atoms with Crippen molar-refractivity contribution in [2.24, 2.45) is 4.99 Å². The van der Waals surface area contributed by atoms with Gasteiger partial charge in [-0.15, -0.1) is 0 Å². The minimum absolute atomic E-state index is 0.0847. The van der Waals surface area contributed by atoms with Crippen LogP contribution in [-0.2, 0) is 0 Å². The maximum atomic E-state index is 5.27. The summed E-state index contributed by atoms with van der Waals surface area (Å²) >= 11 is 0. The first-order valence-corrected chi connectivity index (χ1v) is 16.9. The third-order valence-corrected chi connectivity index (χ3v) is 10.0. The monoisotopic (exact) mass is 628 g/mol. The van der Waals surface area contributed by atoms with E-state index >= 15 is 0 Å². The van der Waals surface area contributed by atoms with Gasteiger partial charge in [0.1, 0.15) is 18.2 Å². The molecule has 1 N–H and O–H groups in total. The van der Waals surface area contributed by atoms with E-state index in [1.807, 2.05) is 6.20 Å². The molecule has 10 rings (SSSR count). The van der Waals surface area contributed by atoms with Crippen LogP contribution in [0.2, 0.25) is 0 Å². The van der Waals surface area contributed by atoms with Crippen molar-refractivity contribution in [2.45, 2.75) is 12.3 Å². The Morgan fingerprint density at radius 1 is 0.469 bits per heavy atom. The Balaban J connectivity index is 1.04. The number of aliphatic imine (C=N–C) groups is 1. The van der Waals surface area contributed by atoms with E-state index in [-0.39, 0.29) is 12.3 Å². The number of hydrazine groups is 1. The molecule has 49 heavy (non-hydrogen) atoms. The molecule has 2 aliphatic rings. The molecule has 0 radical (unpaired) electrons. The first-order valence-electron chi connectivity index (χ1n) is 16.9. The molecule has 8 aromatic rings. The number of aromatic nitrogens is 1. The zero-order valence-electron chi connectivity index (χ0n) is 26.7. The number of fused-ring (bicyclic) bond motifs is 3. The van der Waals surface area contributed by atoms with E-state index in [0.717, 1.165) is 16.9 Å². The Morgan fingerprint density at radius 3 is 1.96 bits per heavy atom. The largest absolute Gasteiger partial charge is 0.361 e. The standard InChI is InChI=1S/C45H32N4/c1-3-11-34(12-4-1)43-47-44(49-45(48(43)49)36-13-5-2-6-14-36)35-24-22-33(23-25-35)42-38-15-8-7-10-30(38)26-27-39(42)32-20-18-31(19-21-32)37-16-9-17-41-40(37)28-29-46-41/h1-29,44-46H. The van der Waals surface area contributed by atoms with Crippen molar-refractivity contribution >= 4 is 27.5 Å². The molecule has 0 bridgehead atoms. The summed E-state index contributed by atoms with van der Waals surface area (Å²) in [5.41, 5.74) is 12.1. The van der Waals surface area contributed by atoms with Gasteiger partial charge in [0, 0.05) is 22.7 Å². The third kappa shape index (κ3) is 4.61. The van der Waals surface area contributed by atoms with Gasteiger partial charge in [-0.25, -0.2) is 4.99 Å². The second-order valence-corrected chi connectivity index (χ2v) is 12.9. The summed E-state index contributed by atoms with van der Waals surface area (Å²) in [5.74, 6) is 1.02. The van der Waals surface area contributed by atoms with Crippen LogP contribution in [0.15, 0.2) is 181 Å². The Morgan fingerprint density at radius 2 is 1.16 bits per heavy atom. The average molecular weight is 629 g/mol. The van der Waals surface area contributed by atoms with E-state index in [1.165, 1.54) is 60.7 Å². The first kappa shape index (κ1) is 27.8. The van der Waals surface area contributed by atoms with Crippen LogP contribution < -0.4 is 0 Å². The van der Waals surface area contributed by atoms with Gasteiger partial charge in [-0.2, -0.15) is 5.01 Å². The highest BCUT2D eigenvalue weighted by Crippen LogP contribution is 2.54. The topological polar surface area (TPSA) is 34.2 Å². The van der Waals surface area contributed by atoms with Crippen LogP contribution in [-0.4, -0.2) is 20.8 Å². The highest BCUT2D eigenvalue weighted by Gasteiger charge is 2.57. The SMILES string of the molecule is c1ccc(C2=NC(c3ccc(-c4c(-c5ccc(-c6cccc7[nH]ccc67)cc5)ccc5ccccc45)cc3)N3C(c4ccccc4)N23)cc1. The molecule has 7 aromatic carbocycles. The minimum atomic E-state index is -0.0847. The lowest BCUT2D eigenvalue weighted by Gasteiger charge is -2.16. The molecule has 232 valence electrons. The van der Waals surface area contributed by atoms with E-state index in [1.54, 1.807) is 0 Å². The Hall–Kier alpha value is -6.23. The molecule has 3 heterocycles. The minimum Gasteiger partial charge on any atom is -0.361 e. The van der Waals surface area contributed by atoms with Crippen LogP contribution >= 0.6 is 0 Å². The molecule has 0 amide bonds. The lowest BCUT2D eigenvalue weighted by Crippen LogP contribution is -2.11. The van der Waals surface area contributed by atoms with E-state index in [2.05, 4.69) is 185 Å². The van der Waals surface area contributed by atoms with Crippen molar-refractivity contribution in [1.29, 1.82) is 0 Å². The van der Waals surface area contributed by atoms with Gasteiger partial charge in [0.2, 0.25) is 0 Å². The molecule has 0 aliphatic carbocycles. The van der Waals surface area contributed by atoms with Crippen LogP contribution in [0.5, 0.6) is 0 Å². The predicted molar refractivity (Wildman–Crippen MR) is 201 cm³/mol. The number of nitrogens with one attached hydrogen (secondary N) is 1. The molecule has 3 unspecified atom stereocenters. The fraction of sp³-hybridized carbons (Fsp3) is 0.0444. The van der Waals surface area contributed by atoms with Crippen molar-refractivity contribution in [3.8, 4) is 33.4 Å². The van der Waals surface area contributed by atoms with E-state index < -0.39 is 0 Å². The molecule has 0 saturated carbocycles. The van der Waals surface area contributed by atoms with Crippen molar-refractivity contribution in [2.75, 3.05) is 0 Å². The molecule has 4 heteroatoms. The van der Waals surface area contributed by atoms with Crippen LogP contribution in [0.1, 0.15) is 29.0 Å². The Labute approximate surface area is 285 Å². The van der Waals surface area contributed by atoms with Gasteiger partial charge in [-0.1, -0.05) is 158 Å². The maximum absolute atomic E-state index is 5.27. The van der Waals surface area contributed by atoms with E-state index in [9.17, 15) is 0 Å². The fourth-order valence-electron chi connectivity index (χ4n) is 7.65. The number of hydrogen-bond donors (Lipinski definition) is 1. The quantitative estimate of drug-likeness (QED) is 0.186. The van der Waals surface area contributed by atoms with Gasteiger partial charge in [-0.3, -0.25) is 5.01 Å². The number of aromatic amines is 1. The second kappa shape index (κ2) is 11.2. The molecule has 4 nitrogen and oxygen atoms in total. The molecule has 0 spiro atoms. The molecular formula is C45H32N4. The number of H-pyrrole nitrogens is 1. The fourth-order valence-corrected chi connectivity index (χ4v) is 7.65. The zero-order valence-corrected chi connectivity index (χ0v) is 26.7. The van der Waals surface area contributed by atoms with Crippen molar-refractivity contribution in [3.05, 3.63) is 193 Å².